The van der Waals surface area contributed by atoms with Crippen molar-refractivity contribution in [2.75, 3.05) is 31.1 Å². The second kappa shape index (κ2) is 8.61. The lowest BCUT2D eigenvalue weighted by atomic mass is 10.1. The lowest BCUT2D eigenvalue weighted by Crippen LogP contribution is -2.35. The molecule has 0 aliphatic carbocycles. The number of halogens is 1. The Labute approximate surface area is 148 Å². The van der Waals surface area contributed by atoms with Gasteiger partial charge in [0.25, 0.3) is 5.91 Å². The molecule has 1 fully saturated rings. The van der Waals surface area contributed by atoms with Crippen molar-refractivity contribution >= 4 is 24.1 Å². The summed E-state index contributed by atoms with van der Waals surface area (Å²) in [7, 11) is 0. The molecule has 24 heavy (non-hydrogen) atoms. The monoisotopic (exact) mass is 347 g/mol. The molecule has 0 unspecified atom stereocenters. The van der Waals surface area contributed by atoms with Crippen molar-refractivity contribution < 1.29 is 4.79 Å². The number of nitrogens with zero attached hydrogens (tertiary/aromatic N) is 4. The fraction of sp³-hybridized carbons (Fsp3) is 0.353. The molecule has 2 aromatic rings. The quantitative estimate of drug-likeness (QED) is 0.914. The van der Waals surface area contributed by atoms with E-state index in [0.717, 1.165) is 43.0 Å². The Kier molecular flexibility index (Phi) is 6.52. The molecule has 0 radical (unpaired) electrons. The van der Waals surface area contributed by atoms with E-state index in [1.807, 2.05) is 41.3 Å². The first kappa shape index (κ1) is 18.2. The molecule has 0 spiro atoms. The maximum Gasteiger partial charge on any atom is 0.253 e. The Bertz CT molecular complexity index is 650. The SMILES string of the molecule is Cl.NCc1ccc(C(=O)N2CCCN(c3cccnn3)CC2)cc1. The summed E-state index contributed by atoms with van der Waals surface area (Å²) >= 11 is 0. The second-order valence-corrected chi connectivity index (χ2v) is 5.62. The summed E-state index contributed by atoms with van der Waals surface area (Å²) in [6.07, 6.45) is 2.59. The van der Waals surface area contributed by atoms with Crippen LogP contribution in [0.25, 0.3) is 0 Å². The third kappa shape index (κ3) is 4.21. The first-order valence-corrected chi connectivity index (χ1v) is 7.89. The van der Waals surface area contributed by atoms with Crippen molar-refractivity contribution in [1.29, 1.82) is 0 Å². The highest BCUT2D eigenvalue weighted by atomic mass is 35.5. The first-order chi connectivity index (χ1) is 11.3. The minimum atomic E-state index is 0. The van der Waals surface area contributed by atoms with Gasteiger partial charge in [-0.1, -0.05) is 12.1 Å². The Morgan fingerprint density at radius 3 is 2.54 bits per heavy atom. The highest BCUT2D eigenvalue weighted by molar-refractivity contribution is 5.94. The molecule has 7 heteroatoms. The minimum Gasteiger partial charge on any atom is -0.353 e. The van der Waals surface area contributed by atoms with Gasteiger partial charge in [-0.3, -0.25) is 4.79 Å². The predicted octanol–water partition coefficient (Wildman–Crippen LogP) is 1.71. The van der Waals surface area contributed by atoms with Crippen molar-refractivity contribution in [2.45, 2.75) is 13.0 Å². The van der Waals surface area contributed by atoms with Gasteiger partial charge in [0.05, 0.1) is 0 Å². The maximum absolute atomic E-state index is 12.6. The molecule has 2 N–H and O–H groups in total. The topological polar surface area (TPSA) is 75.4 Å². The zero-order valence-electron chi connectivity index (χ0n) is 13.5. The maximum atomic E-state index is 12.6. The van der Waals surface area contributed by atoms with Gasteiger partial charge in [-0.05, 0) is 36.2 Å². The zero-order chi connectivity index (χ0) is 16.1. The summed E-state index contributed by atoms with van der Waals surface area (Å²) < 4.78 is 0. The van der Waals surface area contributed by atoms with E-state index in [2.05, 4.69) is 15.1 Å². The average molecular weight is 348 g/mol. The highest BCUT2D eigenvalue weighted by Crippen LogP contribution is 2.14. The Morgan fingerprint density at radius 1 is 1.08 bits per heavy atom. The molecule has 1 aromatic heterocycles. The smallest absolute Gasteiger partial charge is 0.253 e. The fourth-order valence-corrected chi connectivity index (χ4v) is 2.78. The predicted molar refractivity (Wildman–Crippen MR) is 96.3 cm³/mol. The average Bonchev–Trinajstić information content (AvgIpc) is 2.88. The molecule has 1 amide bonds. The summed E-state index contributed by atoms with van der Waals surface area (Å²) in [6.45, 7) is 3.59. The van der Waals surface area contributed by atoms with E-state index < -0.39 is 0 Å². The summed E-state index contributed by atoms with van der Waals surface area (Å²) in [5.41, 5.74) is 7.35. The van der Waals surface area contributed by atoms with Gasteiger partial charge in [0.1, 0.15) is 0 Å². The van der Waals surface area contributed by atoms with Crippen molar-refractivity contribution in [3.05, 3.63) is 53.7 Å². The highest BCUT2D eigenvalue weighted by Gasteiger charge is 2.20. The Hall–Kier alpha value is -2.18. The molecule has 1 aliphatic rings. The van der Waals surface area contributed by atoms with Crippen molar-refractivity contribution in [3.63, 3.8) is 0 Å². The van der Waals surface area contributed by atoms with Crippen LogP contribution in [-0.4, -0.2) is 47.2 Å². The fourth-order valence-electron chi connectivity index (χ4n) is 2.78. The van der Waals surface area contributed by atoms with Crippen LogP contribution in [0.4, 0.5) is 5.82 Å². The third-order valence-corrected chi connectivity index (χ3v) is 4.10. The summed E-state index contributed by atoms with van der Waals surface area (Å²) in [5, 5.41) is 8.08. The number of carbonyl (C=O) groups is 1. The summed E-state index contributed by atoms with van der Waals surface area (Å²) in [5.74, 6) is 0.948. The van der Waals surface area contributed by atoms with Gasteiger partial charge in [0.15, 0.2) is 5.82 Å². The van der Waals surface area contributed by atoms with Crippen LogP contribution >= 0.6 is 12.4 Å². The molecule has 0 bridgehead atoms. The van der Waals surface area contributed by atoms with Crippen molar-refractivity contribution in [2.24, 2.45) is 5.73 Å². The van der Waals surface area contributed by atoms with E-state index in [4.69, 9.17) is 5.73 Å². The zero-order valence-corrected chi connectivity index (χ0v) is 14.3. The van der Waals surface area contributed by atoms with Crippen LogP contribution in [0.2, 0.25) is 0 Å². The van der Waals surface area contributed by atoms with E-state index in [9.17, 15) is 4.79 Å². The summed E-state index contributed by atoms with van der Waals surface area (Å²) in [4.78, 5) is 16.7. The summed E-state index contributed by atoms with van der Waals surface area (Å²) in [6, 6.07) is 11.4. The van der Waals surface area contributed by atoms with Gasteiger partial charge in [0.2, 0.25) is 0 Å². The van der Waals surface area contributed by atoms with Gasteiger partial charge in [-0.2, -0.15) is 5.10 Å². The standard InChI is InChI=1S/C17H21N5O.ClH/c18-13-14-4-6-15(7-5-14)17(23)22-10-2-9-21(11-12-22)16-3-1-8-19-20-16;/h1,3-8H,2,9-13,18H2;1H. The van der Waals surface area contributed by atoms with Crippen molar-refractivity contribution in [3.8, 4) is 0 Å². The number of hydrogen-bond acceptors (Lipinski definition) is 5. The van der Waals surface area contributed by atoms with Gasteiger partial charge in [0, 0.05) is 44.5 Å². The largest absolute Gasteiger partial charge is 0.353 e. The molecule has 128 valence electrons. The lowest BCUT2D eigenvalue weighted by Gasteiger charge is -2.22. The van der Waals surface area contributed by atoms with E-state index in [-0.39, 0.29) is 18.3 Å². The molecular weight excluding hydrogens is 326 g/mol. The molecular formula is C17H22ClN5O. The van der Waals surface area contributed by atoms with Crippen LogP contribution in [-0.2, 0) is 6.54 Å². The Morgan fingerprint density at radius 2 is 1.88 bits per heavy atom. The van der Waals surface area contributed by atoms with Crippen LogP contribution < -0.4 is 10.6 Å². The third-order valence-electron chi connectivity index (χ3n) is 4.10. The van der Waals surface area contributed by atoms with Crippen LogP contribution in [0.3, 0.4) is 0 Å². The van der Waals surface area contributed by atoms with E-state index in [1.165, 1.54) is 0 Å². The number of aromatic nitrogens is 2. The van der Waals surface area contributed by atoms with Gasteiger partial charge in [-0.25, -0.2) is 0 Å². The molecule has 1 aliphatic heterocycles. The molecule has 1 aromatic carbocycles. The van der Waals surface area contributed by atoms with E-state index in [1.54, 1.807) is 6.20 Å². The number of rotatable bonds is 3. The molecule has 6 nitrogen and oxygen atoms in total. The number of benzene rings is 1. The number of carbonyl (C=O) groups excluding carboxylic acids is 1. The van der Waals surface area contributed by atoms with Crippen LogP contribution in [0, 0.1) is 0 Å². The number of hydrogen-bond donors (Lipinski definition) is 1. The second-order valence-electron chi connectivity index (χ2n) is 5.62. The number of amides is 1. The molecule has 2 heterocycles. The van der Waals surface area contributed by atoms with Gasteiger partial charge in [-0.15, -0.1) is 17.5 Å². The van der Waals surface area contributed by atoms with Gasteiger partial charge < -0.3 is 15.5 Å². The minimum absolute atomic E-state index is 0. The molecule has 3 rings (SSSR count). The Balaban J connectivity index is 0.00000208. The van der Waals surface area contributed by atoms with E-state index >= 15 is 0 Å². The van der Waals surface area contributed by atoms with E-state index in [0.29, 0.717) is 13.1 Å². The van der Waals surface area contributed by atoms with Crippen LogP contribution in [0.15, 0.2) is 42.6 Å². The van der Waals surface area contributed by atoms with Gasteiger partial charge >= 0.3 is 0 Å². The normalized spacial score (nSPS) is 14.7. The first-order valence-electron chi connectivity index (χ1n) is 7.89. The number of anilines is 1. The number of nitrogens with two attached hydrogens (primary N) is 1. The van der Waals surface area contributed by atoms with Crippen molar-refractivity contribution in [1.82, 2.24) is 15.1 Å². The lowest BCUT2D eigenvalue weighted by molar-refractivity contribution is 0.0767. The molecule has 0 atom stereocenters. The van der Waals surface area contributed by atoms with Crippen LogP contribution in [0.1, 0.15) is 22.3 Å². The molecule has 0 saturated carbocycles. The molecule has 1 saturated heterocycles. The van der Waals surface area contributed by atoms with Crippen LogP contribution in [0.5, 0.6) is 0 Å².